The van der Waals surface area contributed by atoms with E-state index >= 15 is 0 Å². The summed E-state index contributed by atoms with van der Waals surface area (Å²) in [5.74, 6) is 0.268. The van der Waals surface area contributed by atoms with Gasteiger partial charge in [0.25, 0.3) is 0 Å². The molecule has 0 aliphatic heterocycles. The average Bonchev–Trinajstić information content (AvgIpc) is 2.41. The number of hydrogen-bond donors (Lipinski definition) is 0. The molecule has 0 radical (unpaired) electrons. The number of unbranched alkanes of at least 4 members (excludes halogenated alkanes) is 9. The van der Waals surface area contributed by atoms with Gasteiger partial charge in [0.05, 0.1) is 0 Å². The largest absolute Gasteiger partial charge is 0.295 e. The molecule has 0 amide bonds. The number of rotatable bonds is 11. The van der Waals surface area contributed by atoms with Crippen molar-refractivity contribution in [3.63, 3.8) is 0 Å². The Hall–Kier alpha value is -0.850. The van der Waals surface area contributed by atoms with Crippen molar-refractivity contribution in [1.29, 1.82) is 0 Å². The maximum absolute atomic E-state index is 11.2. The minimum atomic E-state index is 0.268. The van der Waals surface area contributed by atoms with Crippen LogP contribution in [0.25, 0.3) is 0 Å². The summed E-state index contributed by atoms with van der Waals surface area (Å²) in [6.07, 6.45) is 21.2. The number of ketones is 1. The topological polar surface area (TPSA) is 17.1 Å². The predicted octanol–water partition coefficient (Wildman–Crippen LogP) is 5.75. The monoisotopic (exact) mass is 262 g/mol. The third-order valence-corrected chi connectivity index (χ3v) is 3.87. The first-order chi connectivity index (χ1) is 9.33. The standard InChI is InChI=1S/C18H30O/c1-2-3-4-5-6-7-8-9-10-11-13-17-14-12-15-18(19)16-17/h12,14-15H,2-11,13,16H2,1H3. The van der Waals surface area contributed by atoms with Crippen molar-refractivity contribution in [2.24, 2.45) is 0 Å². The molecule has 0 unspecified atom stereocenters. The number of carbonyl (C=O) groups is 1. The Morgan fingerprint density at radius 2 is 1.47 bits per heavy atom. The van der Waals surface area contributed by atoms with E-state index in [0.717, 1.165) is 6.42 Å². The summed E-state index contributed by atoms with van der Waals surface area (Å²) in [5.41, 5.74) is 1.33. The minimum Gasteiger partial charge on any atom is -0.295 e. The van der Waals surface area contributed by atoms with Crippen molar-refractivity contribution in [2.45, 2.75) is 84.0 Å². The Morgan fingerprint density at radius 3 is 2.05 bits per heavy atom. The highest BCUT2D eigenvalue weighted by Gasteiger charge is 2.05. The normalized spacial score (nSPS) is 14.8. The zero-order chi connectivity index (χ0) is 13.8. The maximum Gasteiger partial charge on any atom is 0.159 e. The predicted molar refractivity (Wildman–Crippen MR) is 83.3 cm³/mol. The van der Waals surface area contributed by atoms with E-state index in [1.807, 2.05) is 6.08 Å². The summed E-state index contributed by atoms with van der Waals surface area (Å²) >= 11 is 0. The molecule has 0 atom stereocenters. The van der Waals surface area contributed by atoms with Gasteiger partial charge < -0.3 is 0 Å². The Kier molecular flexibility index (Phi) is 9.40. The van der Waals surface area contributed by atoms with E-state index in [-0.39, 0.29) is 5.78 Å². The molecule has 19 heavy (non-hydrogen) atoms. The van der Waals surface area contributed by atoms with E-state index in [1.54, 1.807) is 6.08 Å². The zero-order valence-electron chi connectivity index (χ0n) is 12.6. The Morgan fingerprint density at radius 1 is 0.895 bits per heavy atom. The Bertz CT molecular complexity index is 299. The van der Waals surface area contributed by atoms with Crippen LogP contribution in [-0.4, -0.2) is 5.78 Å². The summed E-state index contributed by atoms with van der Waals surface area (Å²) in [4.78, 5) is 11.2. The van der Waals surface area contributed by atoms with Gasteiger partial charge in [-0.1, -0.05) is 82.4 Å². The zero-order valence-corrected chi connectivity index (χ0v) is 12.6. The van der Waals surface area contributed by atoms with Gasteiger partial charge in [0.1, 0.15) is 0 Å². The number of hydrogen-bond acceptors (Lipinski definition) is 1. The summed E-state index contributed by atoms with van der Waals surface area (Å²) < 4.78 is 0. The van der Waals surface area contributed by atoms with E-state index in [9.17, 15) is 4.79 Å². The van der Waals surface area contributed by atoms with Gasteiger partial charge in [-0.2, -0.15) is 0 Å². The van der Waals surface area contributed by atoms with Crippen LogP contribution in [0, 0.1) is 0 Å². The summed E-state index contributed by atoms with van der Waals surface area (Å²) in [6.45, 7) is 2.27. The molecule has 0 bridgehead atoms. The molecule has 1 rings (SSSR count). The maximum atomic E-state index is 11.2. The van der Waals surface area contributed by atoms with Crippen molar-refractivity contribution in [3.8, 4) is 0 Å². The molecule has 1 aliphatic rings. The average molecular weight is 262 g/mol. The van der Waals surface area contributed by atoms with Crippen LogP contribution in [0.4, 0.5) is 0 Å². The van der Waals surface area contributed by atoms with E-state index in [0.29, 0.717) is 6.42 Å². The fourth-order valence-corrected chi connectivity index (χ4v) is 2.64. The molecule has 0 fully saturated rings. The first-order valence-corrected chi connectivity index (χ1v) is 8.22. The van der Waals surface area contributed by atoms with Crippen molar-refractivity contribution in [2.75, 3.05) is 0 Å². The van der Waals surface area contributed by atoms with Gasteiger partial charge in [0, 0.05) is 6.42 Å². The van der Waals surface area contributed by atoms with Crippen molar-refractivity contribution in [1.82, 2.24) is 0 Å². The molecule has 0 spiro atoms. The molecule has 0 N–H and O–H groups in total. The van der Waals surface area contributed by atoms with E-state index in [1.165, 1.54) is 69.8 Å². The molecule has 0 saturated carbocycles. The smallest absolute Gasteiger partial charge is 0.159 e. The first kappa shape index (κ1) is 16.2. The molecule has 0 aromatic rings. The van der Waals surface area contributed by atoms with Gasteiger partial charge in [0.2, 0.25) is 0 Å². The second kappa shape index (κ2) is 11.0. The van der Waals surface area contributed by atoms with Gasteiger partial charge >= 0.3 is 0 Å². The van der Waals surface area contributed by atoms with Crippen molar-refractivity contribution in [3.05, 3.63) is 23.8 Å². The number of allylic oxidation sites excluding steroid dienone is 4. The van der Waals surface area contributed by atoms with Crippen LogP contribution in [0.15, 0.2) is 23.8 Å². The van der Waals surface area contributed by atoms with Crippen molar-refractivity contribution < 1.29 is 4.79 Å². The summed E-state index contributed by atoms with van der Waals surface area (Å²) in [7, 11) is 0. The fourth-order valence-electron chi connectivity index (χ4n) is 2.64. The fraction of sp³-hybridized carbons (Fsp3) is 0.722. The molecular weight excluding hydrogens is 232 g/mol. The number of carbonyl (C=O) groups excluding carboxylic acids is 1. The van der Waals surface area contributed by atoms with Gasteiger partial charge in [-0.15, -0.1) is 0 Å². The van der Waals surface area contributed by atoms with Gasteiger partial charge in [-0.05, 0) is 18.9 Å². The summed E-state index contributed by atoms with van der Waals surface area (Å²) in [5, 5.41) is 0. The second-order valence-corrected chi connectivity index (χ2v) is 5.76. The molecule has 1 heteroatoms. The highest BCUT2D eigenvalue weighted by Crippen LogP contribution is 2.18. The lowest BCUT2D eigenvalue weighted by molar-refractivity contribution is -0.114. The van der Waals surface area contributed by atoms with Gasteiger partial charge in [-0.3, -0.25) is 4.79 Å². The molecule has 0 aromatic heterocycles. The van der Waals surface area contributed by atoms with E-state index < -0.39 is 0 Å². The third-order valence-electron chi connectivity index (χ3n) is 3.87. The van der Waals surface area contributed by atoms with E-state index in [2.05, 4.69) is 13.0 Å². The minimum absolute atomic E-state index is 0.268. The quantitative estimate of drug-likeness (QED) is 0.433. The molecule has 1 aliphatic carbocycles. The lowest BCUT2D eigenvalue weighted by Gasteiger charge is -2.08. The summed E-state index contributed by atoms with van der Waals surface area (Å²) in [6, 6.07) is 0. The van der Waals surface area contributed by atoms with Crippen LogP contribution < -0.4 is 0 Å². The highest BCUT2D eigenvalue weighted by molar-refractivity contribution is 5.92. The Balaban J connectivity index is 1.85. The first-order valence-electron chi connectivity index (χ1n) is 8.22. The van der Waals surface area contributed by atoms with Crippen molar-refractivity contribution >= 4 is 5.78 Å². The molecule has 108 valence electrons. The molecule has 0 aromatic carbocycles. The second-order valence-electron chi connectivity index (χ2n) is 5.76. The Labute approximate surface area is 119 Å². The van der Waals surface area contributed by atoms with Gasteiger partial charge in [-0.25, -0.2) is 0 Å². The molecular formula is C18H30O. The van der Waals surface area contributed by atoms with E-state index in [4.69, 9.17) is 0 Å². The van der Waals surface area contributed by atoms with Gasteiger partial charge in [0.15, 0.2) is 5.78 Å². The molecule has 0 saturated heterocycles. The van der Waals surface area contributed by atoms with Crippen LogP contribution in [0.2, 0.25) is 0 Å². The van der Waals surface area contributed by atoms with Crippen LogP contribution in [0.3, 0.4) is 0 Å². The SMILES string of the molecule is CCCCCCCCCCCCC1=CC=CC(=O)C1. The molecule has 1 nitrogen and oxygen atoms in total. The van der Waals surface area contributed by atoms with Crippen LogP contribution in [0.5, 0.6) is 0 Å². The lowest BCUT2D eigenvalue weighted by Crippen LogP contribution is -1.99. The van der Waals surface area contributed by atoms with Crippen LogP contribution >= 0.6 is 0 Å². The van der Waals surface area contributed by atoms with Crippen LogP contribution in [-0.2, 0) is 4.79 Å². The lowest BCUT2D eigenvalue weighted by atomic mass is 9.97. The third kappa shape index (κ3) is 8.80. The molecule has 0 heterocycles. The van der Waals surface area contributed by atoms with Crippen LogP contribution in [0.1, 0.15) is 84.0 Å². The highest BCUT2D eigenvalue weighted by atomic mass is 16.1.